The van der Waals surface area contributed by atoms with Gasteiger partial charge >= 0.3 is 0 Å². The van der Waals surface area contributed by atoms with E-state index in [1.807, 2.05) is 55.0 Å². The standard InChI is InChI=1S/C27H27N5O3/c1-2-31(15-18-7-10-28-11-8-18)16-19-9-12-29-23(13-19)20-3-4-22-21(14-20)17-32(27(22)35)24-5-6-25(33)30-26(24)34/h3-4,7-14,24H,2,5-6,15-17H2,1H3,(H,30,33,34). The van der Waals surface area contributed by atoms with E-state index in [-0.39, 0.29) is 18.2 Å². The highest BCUT2D eigenvalue weighted by Crippen LogP contribution is 2.31. The Morgan fingerprint density at radius 2 is 1.77 bits per heavy atom. The predicted molar refractivity (Wildman–Crippen MR) is 130 cm³/mol. The van der Waals surface area contributed by atoms with Crippen molar-refractivity contribution in [1.29, 1.82) is 0 Å². The van der Waals surface area contributed by atoms with Gasteiger partial charge in [0, 0.05) is 55.8 Å². The van der Waals surface area contributed by atoms with Gasteiger partial charge in [0.05, 0.1) is 5.69 Å². The molecule has 1 atom stereocenters. The second kappa shape index (κ2) is 9.76. The van der Waals surface area contributed by atoms with E-state index in [0.29, 0.717) is 18.5 Å². The third kappa shape index (κ3) is 4.83. The molecule has 2 aliphatic heterocycles. The maximum atomic E-state index is 13.0. The molecule has 4 heterocycles. The van der Waals surface area contributed by atoms with E-state index < -0.39 is 11.9 Å². The molecule has 0 saturated carbocycles. The van der Waals surface area contributed by atoms with Crippen molar-refractivity contribution in [2.24, 2.45) is 0 Å². The Kier molecular flexibility index (Phi) is 6.37. The van der Waals surface area contributed by atoms with Crippen molar-refractivity contribution in [3.8, 4) is 11.3 Å². The molecule has 2 aromatic heterocycles. The summed E-state index contributed by atoms with van der Waals surface area (Å²) in [6.45, 7) is 5.05. The number of nitrogens with one attached hydrogen (secondary N) is 1. The number of benzene rings is 1. The van der Waals surface area contributed by atoms with E-state index in [2.05, 4.69) is 33.2 Å². The molecular weight excluding hydrogens is 442 g/mol. The number of fused-ring (bicyclic) bond motifs is 1. The highest BCUT2D eigenvalue weighted by Gasteiger charge is 2.39. The number of pyridine rings is 2. The molecule has 8 nitrogen and oxygen atoms in total. The third-order valence-corrected chi connectivity index (χ3v) is 6.65. The van der Waals surface area contributed by atoms with Gasteiger partial charge in [-0.05, 0) is 66.1 Å². The Morgan fingerprint density at radius 3 is 2.54 bits per heavy atom. The number of aromatic nitrogens is 2. The molecule has 3 amide bonds. The van der Waals surface area contributed by atoms with Crippen molar-refractivity contribution in [2.75, 3.05) is 6.54 Å². The number of piperidine rings is 1. The Balaban J connectivity index is 1.32. The second-order valence-electron chi connectivity index (χ2n) is 8.98. The smallest absolute Gasteiger partial charge is 0.255 e. The quantitative estimate of drug-likeness (QED) is 0.535. The zero-order chi connectivity index (χ0) is 24.4. The van der Waals surface area contributed by atoms with E-state index in [1.54, 1.807) is 4.90 Å². The van der Waals surface area contributed by atoms with Crippen LogP contribution in [0.3, 0.4) is 0 Å². The number of carbonyl (C=O) groups is 3. The fourth-order valence-corrected chi connectivity index (χ4v) is 4.75. The van der Waals surface area contributed by atoms with Crippen molar-refractivity contribution < 1.29 is 14.4 Å². The van der Waals surface area contributed by atoms with Crippen LogP contribution >= 0.6 is 0 Å². The Hall–Kier alpha value is -3.91. The first kappa shape index (κ1) is 22.9. The summed E-state index contributed by atoms with van der Waals surface area (Å²) in [7, 11) is 0. The van der Waals surface area contributed by atoms with Crippen LogP contribution < -0.4 is 5.32 Å². The van der Waals surface area contributed by atoms with Crippen LogP contribution in [0.25, 0.3) is 11.3 Å². The van der Waals surface area contributed by atoms with Crippen LogP contribution in [0.15, 0.2) is 61.1 Å². The fourth-order valence-electron chi connectivity index (χ4n) is 4.75. The van der Waals surface area contributed by atoms with Crippen LogP contribution in [0, 0.1) is 0 Å². The van der Waals surface area contributed by atoms with Gasteiger partial charge in [-0.1, -0.05) is 13.0 Å². The van der Waals surface area contributed by atoms with E-state index >= 15 is 0 Å². The first-order chi connectivity index (χ1) is 17.0. The van der Waals surface area contributed by atoms with Crippen LogP contribution in [0.5, 0.6) is 0 Å². The summed E-state index contributed by atoms with van der Waals surface area (Å²) in [6, 6.07) is 13.3. The van der Waals surface area contributed by atoms with Crippen LogP contribution in [-0.2, 0) is 29.2 Å². The van der Waals surface area contributed by atoms with Crippen molar-refractivity contribution in [3.05, 3.63) is 83.3 Å². The van der Waals surface area contributed by atoms with E-state index in [9.17, 15) is 14.4 Å². The molecule has 1 aromatic carbocycles. The second-order valence-corrected chi connectivity index (χ2v) is 8.98. The SMILES string of the molecule is CCN(Cc1ccncc1)Cc1ccnc(-c2ccc3c(c2)CN(C2CCC(=O)NC2=O)C3=O)c1. The summed E-state index contributed by atoms with van der Waals surface area (Å²) < 4.78 is 0. The maximum absolute atomic E-state index is 13.0. The van der Waals surface area contributed by atoms with Crippen molar-refractivity contribution in [2.45, 2.75) is 45.4 Å². The number of hydrogen-bond acceptors (Lipinski definition) is 6. The summed E-state index contributed by atoms with van der Waals surface area (Å²) in [6.07, 6.45) is 6.04. The van der Waals surface area contributed by atoms with Crippen molar-refractivity contribution in [1.82, 2.24) is 25.1 Å². The largest absolute Gasteiger partial charge is 0.322 e. The van der Waals surface area contributed by atoms with Gasteiger partial charge in [-0.15, -0.1) is 0 Å². The number of rotatable bonds is 7. The molecule has 1 N–H and O–H groups in total. The van der Waals surface area contributed by atoms with Crippen LogP contribution in [-0.4, -0.2) is 50.1 Å². The average molecular weight is 470 g/mol. The van der Waals surface area contributed by atoms with Gasteiger partial charge < -0.3 is 4.90 Å². The maximum Gasteiger partial charge on any atom is 0.255 e. The number of nitrogens with zero attached hydrogens (tertiary/aromatic N) is 4. The molecular formula is C27H27N5O3. The average Bonchev–Trinajstić information content (AvgIpc) is 3.20. The lowest BCUT2D eigenvalue weighted by Crippen LogP contribution is -2.52. The van der Waals surface area contributed by atoms with Gasteiger partial charge in [0.2, 0.25) is 11.8 Å². The van der Waals surface area contributed by atoms with Crippen LogP contribution in [0.2, 0.25) is 0 Å². The number of hydrogen-bond donors (Lipinski definition) is 1. The molecule has 3 aromatic rings. The van der Waals surface area contributed by atoms with Gasteiger partial charge in [0.15, 0.2) is 0 Å². The minimum atomic E-state index is -0.613. The Bertz CT molecular complexity index is 1280. The van der Waals surface area contributed by atoms with E-state index in [4.69, 9.17) is 0 Å². The summed E-state index contributed by atoms with van der Waals surface area (Å²) in [5.41, 5.74) is 5.63. The topological polar surface area (TPSA) is 95.5 Å². The van der Waals surface area contributed by atoms with E-state index in [0.717, 1.165) is 42.0 Å². The third-order valence-electron chi connectivity index (χ3n) is 6.65. The van der Waals surface area contributed by atoms with E-state index in [1.165, 1.54) is 5.56 Å². The highest BCUT2D eigenvalue weighted by atomic mass is 16.2. The molecule has 5 rings (SSSR count). The first-order valence-electron chi connectivity index (χ1n) is 11.9. The predicted octanol–water partition coefficient (Wildman–Crippen LogP) is 2.93. The van der Waals surface area contributed by atoms with Gasteiger partial charge in [-0.25, -0.2) is 0 Å². The summed E-state index contributed by atoms with van der Waals surface area (Å²) >= 11 is 0. The first-order valence-corrected chi connectivity index (χ1v) is 11.9. The monoisotopic (exact) mass is 469 g/mol. The lowest BCUT2D eigenvalue weighted by atomic mass is 10.0. The highest BCUT2D eigenvalue weighted by molar-refractivity contribution is 6.05. The molecule has 8 heteroatoms. The molecule has 0 aliphatic carbocycles. The minimum absolute atomic E-state index is 0.169. The minimum Gasteiger partial charge on any atom is -0.322 e. The Labute approximate surface area is 204 Å². The van der Waals surface area contributed by atoms with Gasteiger partial charge in [-0.3, -0.25) is 34.6 Å². The van der Waals surface area contributed by atoms with Gasteiger partial charge in [-0.2, -0.15) is 0 Å². The zero-order valence-corrected chi connectivity index (χ0v) is 19.6. The molecule has 1 fully saturated rings. The number of amides is 3. The molecule has 1 unspecified atom stereocenters. The molecule has 178 valence electrons. The molecule has 35 heavy (non-hydrogen) atoms. The lowest BCUT2D eigenvalue weighted by Gasteiger charge is -2.29. The number of carbonyl (C=O) groups excluding carboxylic acids is 3. The summed E-state index contributed by atoms with van der Waals surface area (Å²) in [4.78, 5) is 49.3. The number of imide groups is 1. The summed E-state index contributed by atoms with van der Waals surface area (Å²) in [5.74, 6) is -0.854. The zero-order valence-electron chi connectivity index (χ0n) is 19.6. The van der Waals surface area contributed by atoms with Gasteiger partial charge in [0.25, 0.3) is 5.91 Å². The van der Waals surface area contributed by atoms with Gasteiger partial charge in [0.1, 0.15) is 6.04 Å². The normalized spacial score (nSPS) is 17.6. The molecule has 0 spiro atoms. The van der Waals surface area contributed by atoms with Crippen LogP contribution in [0.4, 0.5) is 0 Å². The molecule has 1 saturated heterocycles. The van der Waals surface area contributed by atoms with Crippen molar-refractivity contribution >= 4 is 17.7 Å². The lowest BCUT2D eigenvalue weighted by molar-refractivity contribution is -0.136. The molecule has 0 radical (unpaired) electrons. The Morgan fingerprint density at radius 1 is 1.00 bits per heavy atom. The van der Waals surface area contributed by atoms with Crippen LogP contribution in [0.1, 0.15) is 46.8 Å². The summed E-state index contributed by atoms with van der Waals surface area (Å²) in [5, 5.41) is 2.34. The molecule has 2 aliphatic rings. The van der Waals surface area contributed by atoms with Crippen molar-refractivity contribution in [3.63, 3.8) is 0 Å². The molecule has 0 bridgehead atoms. The fraction of sp³-hybridized carbons (Fsp3) is 0.296.